The van der Waals surface area contributed by atoms with Gasteiger partial charge >= 0.3 is 5.97 Å². The molecule has 6 heteroatoms. The van der Waals surface area contributed by atoms with Crippen molar-refractivity contribution in [3.63, 3.8) is 0 Å². The largest absolute Gasteiger partial charge is 0.481 e. The number of carbonyl (C=O) groups is 3. The molecule has 0 aromatic carbocycles. The first-order valence-corrected chi connectivity index (χ1v) is 7.61. The molecule has 0 aromatic rings. The van der Waals surface area contributed by atoms with Gasteiger partial charge in [-0.1, -0.05) is 12.8 Å². The second-order valence-electron chi connectivity index (χ2n) is 5.79. The van der Waals surface area contributed by atoms with Gasteiger partial charge in [-0.05, 0) is 26.7 Å². The van der Waals surface area contributed by atoms with Gasteiger partial charge in [-0.15, -0.1) is 0 Å². The number of aliphatic carboxylic acids is 1. The Labute approximate surface area is 126 Å². The van der Waals surface area contributed by atoms with Crippen LogP contribution in [-0.2, 0) is 14.4 Å². The van der Waals surface area contributed by atoms with Crippen LogP contribution in [0.15, 0.2) is 0 Å². The van der Waals surface area contributed by atoms with E-state index in [1.807, 2.05) is 13.8 Å². The fourth-order valence-corrected chi connectivity index (χ4v) is 2.91. The Morgan fingerprint density at radius 3 is 2.00 bits per heavy atom. The minimum absolute atomic E-state index is 0.00956. The molecule has 6 nitrogen and oxygen atoms in total. The maximum absolute atomic E-state index is 12.2. The van der Waals surface area contributed by atoms with E-state index in [1.54, 1.807) is 11.9 Å². The number of likely N-dealkylation sites (N-methyl/N-ethyl adjacent to an activating group) is 2. The normalized spacial score (nSPS) is 16.5. The van der Waals surface area contributed by atoms with Crippen molar-refractivity contribution in [3.8, 4) is 0 Å². The van der Waals surface area contributed by atoms with Gasteiger partial charge in [-0.2, -0.15) is 0 Å². The Morgan fingerprint density at radius 1 is 1.05 bits per heavy atom. The SMILES string of the molecule is CCN(CC)C(=O)CN(C)C(=O)CC1(C(=O)O)CCCC1. The van der Waals surface area contributed by atoms with Gasteiger partial charge in [-0.25, -0.2) is 0 Å². The number of rotatable bonds is 7. The minimum Gasteiger partial charge on any atom is -0.481 e. The van der Waals surface area contributed by atoms with Crippen LogP contribution in [0, 0.1) is 5.41 Å². The summed E-state index contributed by atoms with van der Waals surface area (Å²) in [7, 11) is 1.56. The first-order chi connectivity index (χ1) is 9.86. The van der Waals surface area contributed by atoms with Gasteiger partial charge in [0.25, 0.3) is 0 Å². The number of carboxylic acids is 1. The average molecular weight is 298 g/mol. The van der Waals surface area contributed by atoms with Crippen LogP contribution < -0.4 is 0 Å². The van der Waals surface area contributed by atoms with Gasteiger partial charge in [-0.3, -0.25) is 14.4 Å². The molecule has 0 heterocycles. The maximum Gasteiger partial charge on any atom is 0.310 e. The minimum atomic E-state index is -0.927. The zero-order chi connectivity index (χ0) is 16.0. The zero-order valence-corrected chi connectivity index (χ0v) is 13.2. The lowest BCUT2D eigenvalue weighted by atomic mass is 9.82. The Kier molecular flexibility index (Phi) is 6.18. The molecule has 0 radical (unpaired) electrons. The predicted molar refractivity (Wildman–Crippen MR) is 78.7 cm³/mol. The van der Waals surface area contributed by atoms with E-state index in [1.165, 1.54) is 4.90 Å². The third-order valence-corrected chi connectivity index (χ3v) is 4.42. The van der Waals surface area contributed by atoms with E-state index in [0.29, 0.717) is 25.9 Å². The van der Waals surface area contributed by atoms with E-state index in [4.69, 9.17) is 0 Å². The van der Waals surface area contributed by atoms with Crippen molar-refractivity contribution in [2.45, 2.75) is 46.0 Å². The Balaban J connectivity index is 2.62. The number of carboxylic acid groups (broad SMARTS) is 1. The van der Waals surface area contributed by atoms with Crippen molar-refractivity contribution in [2.75, 3.05) is 26.7 Å². The van der Waals surface area contributed by atoms with Crippen molar-refractivity contribution in [1.82, 2.24) is 9.80 Å². The summed E-state index contributed by atoms with van der Waals surface area (Å²) in [4.78, 5) is 38.7. The van der Waals surface area contributed by atoms with Gasteiger partial charge < -0.3 is 14.9 Å². The molecule has 0 aliphatic heterocycles. The summed E-state index contributed by atoms with van der Waals surface area (Å²) in [6.07, 6.45) is 2.78. The molecule has 1 aliphatic carbocycles. The van der Waals surface area contributed by atoms with E-state index >= 15 is 0 Å². The molecule has 1 aliphatic rings. The summed E-state index contributed by atoms with van der Waals surface area (Å²) in [5, 5.41) is 9.39. The second kappa shape index (κ2) is 7.43. The Morgan fingerprint density at radius 2 is 1.57 bits per heavy atom. The van der Waals surface area contributed by atoms with Crippen LogP contribution >= 0.6 is 0 Å². The Bertz CT molecular complexity index is 398. The molecule has 1 saturated carbocycles. The average Bonchev–Trinajstić information content (AvgIpc) is 2.89. The van der Waals surface area contributed by atoms with Gasteiger partial charge in [0, 0.05) is 26.6 Å². The fraction of sp³-hybridized carbons (Fsp3) is 0.800. The van der Waals surface area contributed by atoms with Crippen LogP contribution in [0.25, 0.3) is 0 Å². The van der Waals surface area contributed by atoms with Crippen molar-refractivity contribution in [3.05, 3.63) is 0 Å². The number of carbonyl (C=O) groups excluding carboxylic acids is 2. The van der Waals surface area contributed by atoms with Crippen LogP contribution in [0.5, 0.6) is 0 Å². The quantitative estimate of drug-likeness (QED) is 0.769. The number of nitrogens with zero attached hydrogens (tertiary/aromatic N) is 2. The highest BCUT2D eigenvalue weighted by molar-refractivity contribution is 5.88. The highest BCUT2D eigenvalue weighted by Gasteiger charge is 2.43. The molecule has 21 heavy (non-hydrogen) atoms. The lowest BCUT2D eigenvalue weighted by Crippen LogP contribution is -2.43. The van der Waals surface area contributed by atoms with Crippen molar-refractivity contribution in [2.24, 2.45) is 5.41 Å². The first-order valence-electron chi connectivity index (χ1n) is 7.61. The number of hydrogen-bond acceptors (Lipinski definition) is 3. The number of amides is 2. The summed E-state index contributed by atoms with van der Waals surface area (Å²) in [6.45, 7) is 5.01. The smallest absolute Gasteiger partial charge is 0.310 e. The van der Waals surface area contributed by atoms with E-state index in [0.717, 1.165) is 12.8 Å². The van der Waals surface area contributed by atoms with Crippen molar-refractivity contribution < 1.29 is 19.5 Å². The summed E-state index contributed by atoms with van der Waals surface area (Å²) >= 11 is 0. The van der Waals surface area contributed by atoms with Crippen LogP contribution in [0.2, 0.25) is 0 Å². The van der Waals surface area contributed by atoms with E-state index in [-0.39, 0.29) is 24.8 Å². The molecule has 1 fully saturated rings. The highest BCUT2D eigenvalue weighted by Crippen LogP contribution is 2.41. The molecule has 1 N–H and O–H groups in total. The van der Waals surface area contributed by atoms with Crippen LogP contribution in [0.4, 0.5) is 0 Å². The Hall–Kier alpha value is -1.59. The van der Waals surface area contributed by atoms with Crippen molar-refractivity contribution in [1.29, 1.82) is 0 Å². The summed E-state index contributed by atoms with van der Waals surface area (Å²) in [6, 6.07) is 0. The topological polar surface area (TPSA) is 77.9 Å². The van der Waals surface area contributed by atoms with Crippen LogP contribution in [0.1, 0.15) is 46.0 Å². The second-order valence-corrected chi connectivity index (χ2v) is 5.79. The summed E-state index contributed by atoms with van der Waals surface area (Å²) in [5.41, 5.74) is -0.927. The summed E-state index contributed by atoms with van der Waals surface area (Å²) < 4.78 is 0. The molecular weight excluding hydrogens is 272 g/mol. The molecule has 0 unspecified atom stereocenters. The molecule has 1 rings (SSSR count). The van der Waals surface area contributed by atoms with Crippen LogP contribution in [-0.4, -0.2) is 59.4 Å². The third-order valence-electron chi connectivity index (χ3n) is 4.42. The molecule has 2 amide bonds. The monoisotopic (exact) mass is 298 g/mol. The van der Waals surface area contributed by atoms with Crippen molar-refractivity contribution >= 4 is 17.8 Å². The van der Waals surface area contributed by atoms with E-state index < -0.39 is 11.4 Å². The van der Waals surface area contributed by atoms with Gasteiger partial charge in [0.1, 0.15) is 0 Å². The molecular formula is C15H26N2O4. The summed E-state index contributed by atoms with van der Waals surface area (Å²) in [5.74, 6) is -1.26. The van der Waals surface area contributed by atoms with E-state index in [9.17, 15) is 19.5 Å². The third kappa shape index (κ3) is 4.19. The molecule has 120 valence electrons. The first kappa shape index (κ1) is 17.5. The maximum atomic E-state index is 12.2. The number of hydrogen-bond donors (Lipinski definition) is 1. The lowest BCUT2D eigenvalue weighted by molar-refractivity contribution is -0.153. The molecule has 0 saturated heterocycles. The predicted octanol–water partition coefficient (Wildman–Crippen LogP) is 1.35. The molecule has 0 spiro atoms. The highest BCUT2D eigenvalue weighted by atomic mass is 16.4. The standard InChI is InChI=1S/C15H26N2O4/c1-4-17(5-2)13(19)11-16(3)12(18)10-15(14(20)21)8-6-7-9-15/h4-11H2,1-3H3,(H,20,21). The van der Waals surface area contributed by atoms with Gasteiger partial charge in [0.05, 0.1) is 12.0 Å². The van der Waals surface area contributed by atoms with Gasteiger partial charge in [0.2, 0.25) is 11.8 Å². The lowest BCUT2D eigenvalue weighted by Gasteiger charge is -2.27. The van der Waals surface area contributed by atoms with E-state index in [2.05, 4.69) is 0 Å². The van der Waals surface area contributed by atoms with Gasteiger partial charge in [0.15, 0.2) is 0 Å². The molecule has 0 aromatic heterocycles. The molecule has 0 bridgehead atoms. The van der Waals surface area contributed by atoms with Crippen LogP contribution in [0.3, 0.4) is 0 Å². The molecule has 0 atom stereocenters. The fourth-order valence-electron chi connectivity index (χ4n) is 2.91. The zero-order valence-electron chi connectivity index (χ0n) is 13.2.